The Hall–Kier alpha value is -2.64. The van der Waals surface area contributed by atoms with Gasteiger partial charge in [-0.05, 0) is 42.1 Å². The van der Waals surface area contributed by atoms with Gasteiger partial charge in [0.2, 0.25) is 5.91 Å². The van der Waals surface area contributed by atoms with Gasteiger partial charge in [-0.1, -0.05) is 29.8 Å². The molecule has 3 aromatic rings. The molecule has 0 bridgehead atoms. The number of aromatic nitrogens is 1. The molecule has 5 nitrogen and oxygen atoms in total. The zero-order valence-corrected chi connectivity index (χ0v) is 17.6. The Morgan fingerprint density at radius 2 is 2.00 bits per heavy atom. The maximum absolute atomic E-state index is 13.4. The smallest absolute Gasteiger partial charge is 0.255 e. The van der Waals surface area contributed by atoms with E-state index >= 15 is 0 Å². The normalized spacial score (nSPS) is 18.6. The van der Waals surface area contributed by atoms with E-state index in [9.17, 15) is 9.59 Å². The minimum Gasteiger partial charge on any atom is -0.350 e. The van der Waals surface area contributed by atoms with E-state index in [2.05, 4.69) is 10.3 Å². The second-order valence-electron chi connectivity index (χ2n) is 6.87. The SMILES string of the molecule is Cc1ccc(C(=O)N2C(C(=O)NCc3cccnc3)CSC2c2cccs2)cc1. The summed E-state index contributed by atoms with van der Waals surface area (Å²) in [6.45, 7) is 2.38. The molecule has 2 atom stereocenters. The molecule has 2 amide bonds. The van der Waals surface area contributed by atoms with Crippen LogP contribution in [0.4, 0.5) is 0 Å². The van der Waals surface area contributed by atoms with Crippen LogP contribution in [0.3, 0.4) is 0 Å². The first-order chi connectivity index (χ1) is 14.1. The predicted molar refractivity (Wildman–Crippen MR) is 117 cm³/mol. The van der Waals surface area contributed by atoms with Gasteiger partial charge < -0.3 is 10.2 Å². The van der Waals surface area contributed by atoms with Crippen LogP contribution in [0.5, 0.6) is 0 Å². The lowest BCUT2D eigenvalue weighted by molar-refractivity contribution is -0.125. The van der Waals surface area contributed by atoms with Crippen molar-refractivity contribution in [3.05, 3.63) is 87.9 Å². The van der Waals surface area contributed by atoms with Crippen LogP contribution in [0, 0.1) is 6.92 Å². The van der Waals surface area contributed by atoms with E-state index in [4.69, 9.17) is 0 Å². The van der Waals surface area contributed by atoms with E-state index < -0.39 is 6.04 Å². The minimum atomic E-state index is -0.516. The molecule has 2 unspecified atom stereocenters. The molecule has 2 aromatic heterocycles. The average Bonchev–Trinajstić information content (AvgIpc) is 3.42. The Morgan fingerprint density at radius 1 is 1.17 bits per heavy atom. The van der Waals surface area contributed by atoms with E-state index in [1.807, 2.05) is 60.8 Å². The molecular formula is C22H21N3O2S2. The van der Waals surface area contributed by atoms with Crippen molar-refractivity contribution >= 4 is 34.9 Å². The van der Waals surface area contributed by atoms with Crippen LogP contribution in [-0.2, 0) is 11.3 Å². The van der Waals surface area contributed by atoms with Crippen molar-refractivity contribution in [1.29, 1.82) is 0 Å². The third kappa shape index (κ3) is 4.36. The van der Waals surface area contributed by atoms with Crippen molar-refractivity contribution in [2.24, 2.45) is 0 Å². The maximum Gasteiger partial charge on any atom is 0.255 e. The number of pyridine rings is 1. The number of nitrogens with one attached hydrogen (secondary N) is 1. The van der Waals surface area contributed by atoms with E-state index in [0.717, 1.165) is 16.0 Å². The van der Waals surface area contributed by atoms with Crippen molar-refractivity contribution in [2.45, 2.75) is 24.9 Å². The first-order valence-electron chi connectivity index (χ1n) is 9.34. The highest BCUT2D eigenvalue weighted by molar-refractivity contribution is 7.99. The molecule has 0 saturated carbocycles. The fourth-order valence-electron chi connectivity index (χ4n) is 3.26. The van der Waals surface area contributed by atoms with Crippen LogP contribution in [0.1, 0.15) is 31.7 Å². The Kier molecular flexibility index (Phi) is 5.97. The highest BCUT2D eigenvalue weighted by Gasteiger charge is 2.42. The van der Waals surface area contributed by atoms with Gasteiger partial charge in [0, 0.05) is 35.1 Å². The number of hydrogen-bond acceptors (Lipinski definition) is 5. The van der Waals surface area contributed by atoms with Crippen LogP contribution in [0.2, 0.25) is 0 Å². The van der Waals surface area contributed by atoms with Crippen LogP contribution < -0.4 is 5.32 Å². The summed E-state index contributed by atoms with van der Waals surface area (Å²) >= 11 is 3.24. The largest absolute Gasteiger partial charge is 0.350 e. The maximum atomic E-state index is 13.4. The Balaban J connectivity index is 1.57. The van der Waals surface area contributed by atoms with E-state index in [-0.39, 0.29) is 17.2 Å². The molecule has 1 aliphatic heterocycles. The topological polar surface area (TPSA) is 62.3 Å². The number of thiophene rings is 1. The van der Waals surface area contributed by atoms with Gasteiger partial charge in [-0.3, -0.25) is 14.6 Å². The molecule has 7 heteroatoms. The van der Waals surface area contributed by atoms with E-state index in [1.165, 1.54) is 0 Å². The molecule has 1 saturated heterocycles. The summed E-state index contributed by atoms with van der Waals surface area (Å²) in [5.41, 5.74) is 2.63. The second kappa shape index (κ2) is 8.80. The number of amides is 2. The zero-order chi connectivity index (χ0) is 20.2. The molecule has 0 spiro atoms. The third-order valence-corrected chi connectivity index (χ3v) is 7.19. The van der Waals surface area contributed by atoms with E-state index in [1.54, 1.807) is 40.4 Å². The van der Waals surface area contributed by atoms with Crippen LogP contribution in [0.25, 0.3) is 0 Å². The first-order valence-corrected chi connectivity index (χ1v) is 11.3. The molecule has 1 fully saturated rings. The van der Waals surface area contributed by atoms with Gasteiger partial charge in [0.25, 0.3) is 5.91 Å². The molecule has 1 N–H and O–H groups in total. The summed E-state index contributed by atoms with van der Waals surface area (Å²) in [5, 5.41) is 4.81. The lowest BCUT2D eigenvalue weighted by Gasteiger charge is -2.28. The van der Waals surface area contributed by atoms with Gasteiger partial charge in [0.1, 0.15) is 11.4 Å². The molecule has 4 rings (SSSR count). The Labute approximate surface area is 178 Å². The molecule has 1 aromatic carbocycles. The number of benzene rings is 1. The molecule has 1 aliphatic rings. The summed E-state index contributed by atoms with van der Waals surface area (Å²) in [5.74, 6) is 0.315. The van der Waals surface area contributed by atoms with E-state index in [0.29, 0.717) is 17.9 Å². The third-order valence-electron chi connectivity index (χ3n) is 4.81. The zero-order valence-electron chi connectivity index (χ0n) is 15.9. The lowest BCUT2D eigenvalue weighted by atomic mass is 10.1. The van der Waals surface area contributed by atoms with Crippen molar-refractivity contribution in [1.82, 2.24) is 15.2 Å². The number of nitrogens with zero attached hydrogens (tertiary/aromatic N) is 2. The second-order valence-corrected chi connectivity index (χ2v) is 8.97. The number of aryl methyl sites for hydroxylation is 1. The summed E-state index contributed by atoms with van der Waals surface area (Å²) in [6, 6.07) is 14.7. The standard InChI is InChI=1S/C22H21N3O2S2/c1-15-6-8-17(9-7-15)21(27)25-18(14-29-22(25)19-5-3-11-28-19)20(26)24-13-16-4-2-10-23-12-16/h2-12,18,22H,13-14H2,1H3,(H,24,26). The predicted octanol–water partition coefficient (Wildman–Crippen LogP) is 4.02. The molecule has 148 valence electrons. The fraction of sp³-hybridized carbons (Fsp3) is 0.227. The van der Waals surface area contributed by atoms with Crippen molar-refractivity contribution in [3.63, 3.8) is 0 Å². The van der Waals surface area contributed by atoms with Crippen molar-refractivity contribution in [2.75, 3.05) is 5.75 Å². The van der Waals surface area contributed by atoms with Crippen LogP contribution in [-0.4, -0.2) is 33.5 Å². The monoisotopic (exact) mass is 423 g/mol. The summed E-state index contributed by atoms with van der Waals surface area (Å²) in [7, 11) is 0. The molecule has 0 radical (unpaired) electrons. The molecular weight excluding hydrogens is 402 g/mol. The number of carbonyl (C=O) groups excluding carboxylic acids is 2. The average molecular weight is 424 g/mol. The number of thioether (sulfide) groups is 1. The van der Waals surface area contributed by atoms with Gasteiger partial charge in [-0.25, -0.2) is 0 Å². The molecule has 3 heterocycles. The van der Waals surface area contributed by atoms with Gasteiger partial charge in [-0.2, -0.15) is 0 Å². The highest BCUT2D eigenvalue weighted by Crippen LogP contribution is 2.43. The highest BCUT2D eigenvalue weighted by atomic mass is 32.2. The van der Waals surface area contributed by atoms with Crippen molar-refractivity contribution < 1.29 is 9.59 Å². The summed E-state index contributed by atoms with van der Waals surface area (Å²) < 4.78 is 0. The van der Waals surface area contributed by atoms with Gasteiger partial charge in [0.15, 0.2) is 0 Å². The minimum absolute atomic E-state index is 0.116. The van der Waals surface area contributed by atoms with Crippen LogP contribution in [0.15, 0.2) is 66.3 Å². The summed E-state index contributed by atoms with van der Waals surface area (Å²) in [4.78, 5) is 33.3. The molecule has 0 aliphatic carbocycles. The first kappa shape index (κ1) is 19.7. The number of rotatable bonds is 5. The Bertz CT molecular complexity index is 975. The number of hydrogen-bond donors (Lipinski definition) is 1. The van der Waals surface area contributed by atoms with Gasteiger partial charge in [0.05, 0.1) is 0 Å². The van der Waals surface area contributed by atoms with Crippen LogP contribution >= 0.6 is 23.1 Å². The summed E-state index contributed by atoms with van der Waals surface area (Å²) in [6.07, 6.45) is 3.43. The Morgan fingerprint density at radius 3 is 2.69 bits per heavy atom. The van der Waals surface area contributed by atoms with Gasteiger partial charge >= 0.3 is 0 Å². The quantitative estimate of drug-likeness (QED) is 0.673. The fourth-order valence-corrected chi connectivity index (χ4v) is 5.66. The van der Waals surface area contributed by atoms with Gasteiger partial charge in [-0.15, -0.1) is 23.1 Å². The lowest BCUT2D eigenvalue weighted by Crippen LogP contribution is -2.47. The van der Waals surface area contributed by atoms with Crippen molar-refractivity contribution in [3.8, 4) is 0 Å². The molecule has 29 heavy (non-hydrogen) atoms. The number of carbonyl (C=O) groups is 2.